The molecule has 0 heterocycles. The molecule has 3 unspecified atom stereocenters. The molecule has 0 radical (unpaired) electrons. The van der Waals surface area contributed by atoms with Crippen LogP contribution in [0.25, 0.3) is 0 Å². The molecule has 0 aliphatic rings. The second kappa shape index (κ2) is 51.4. The Labute approximate surface area is 413 Å². The van der Waals surface area contributed by atoms with Gasteiger partial charge in [0.1, 0.15) is 0 Å². The minimum Gasteiger partial charge on any atom is -0.393 e. The third kappa shape index (κ3) is 48.3. The highest BCUT2D eigenvalue weighted by atomic mass is 16.3. The number of nitrogens with zero attached hydrogens (tertiary/aromatic N) is 1. The standard InChI is InChI=1S/C58H109N3O6/c1-4-7-10-31-40-53(62)43-34-25-19-13-16-22-28-37-46-56(65)59-49-51-61(58(67)48-39-30-24-18-15-21-27-36-45-55(64)42-33-12-9-6-3)52-50-60-57(66)47-38-29-23-17-14-20-26-35-44-54(63)41-32-11-8-5-2/h25-27,34-36,53-55,62-64H,4-24,28-33,37-52H2,1-3H3,(H,59,65)(H,60,66)/b34-25+,35-26+,36-27+. The molecule has 3 amide bonds. The van der Waals surface area contributed by atoms with Crippen molar-refractivity contribution in [1.29, 1.82) is 0 Å². The van der Waals surface area contributed by atoms with Crippen molar-refractivity contribution in [3.05, 3.63) is 36.5 Å². The molecule has 5 N–H and O–H groups in total. The van der Waals surface area contributed by atoms with Crippen molar-refractivity contribution < 1.29 is 29.7 Å². The first-order valence-corrected chi connectivity index (χ1v) is 28.5. The lowest BCUT2D eigenvalue weighted by atomic mass is 10.1. The van der Waals surface area contributed by atoms with Crippen LogP contribution in [0.2, 0.25) is 0 Å². The SMILES string of the molecule is CCCCCCC(O)C/C=C/CCCCCCCC(=O)NCCN(CCNC(=O)CCCCCCC/C=C/CC(O)CCCCCC)C(=O)CCCCCCC/C=C/CC(O)CCCCCC. The number of rotatable bonds is 51. The molecule has 3 atom stereocenters. The molecular weight excluding hydrogens is 835 g/mol. The van der Waals surface area contributed by atoms with Gasteiger partial charge < -0.3 is 30.9 Å². The van der Waals surface area contributed by atoms with E-state index in [-0.39, 0.29) is 36.0 Å². The summed E-state index contributed by atoms with van der Waals surface area (Å²) in [5.41, 5.74) is 0. The minimum absolute atomic E-state index is 0.0325. The van der Waals surface area contributed by atoms with Crippen LogP contribution >= 0.6 is 0 Å². The lowest BCUT2D eigenvalue weighted by Gasteiger charge is -2.23. The summed E-state index contributed by atoms with van der Waals surface area (Å²) in [6.45, 7) is 8.34. The Morgan fingerprint density at radius 1 is 0.388 bits per heavy atom. The van der Waals surface area contributed by atoms with Crippen molar-refractivity contribution in [2.24, 2.45) is 0 Å². The van der Waals surface area contributed by atoms with Crippen molar-refractivity contribution >= 4 is 17.7 Å². The van der Waals surface area contributed by atoms with E-state index in [0.717, 1.165) is 173 Å². The van der Waals surface area contributed by atoms with E-state index in [1.54, 1.807) is 0 Å². The molecule has 0 aliphatic carbocycles. The van der Waals surface area contributed by atoms with Crippen molar-refractivity contribution in [1.82, 2.24) is 15.5 Å². The highest BCUT2D eigenvalue weighted by molar-refractivity contribution is 5.78. The Kier molecular flexibility index (Phi) is 49.5. The Hall–Kier alpha value is -2.49. The van der Waals surface area contributed by atoms with Crippen molar-refractivity contribution in [2.45, 2.75) is 289 Å². The predicted molar refractivity (Wildman–Crippen MR) is 285 cm³/mol. The van der Waals surface area contributed by atoms with Gasteiger partial charge in [-0.3, -0.25) is 14.4 Å². The maximum atomic E-state index is 13.4. The van der Waals surface area contributed by atoms with Crippen LogP contribution in [0, 0.1) is 0 Å². The molecule has 0 saturated heterocycles. The van der Waals surface area contributed by atoms with Crippen LogP contribution in [0.4, 0.5) is 0 Å². The zero-order chi connectivity index (χ0) is 49.1. The second-order valence-corrected chi connectivity index (χ2v) is 19.6. The van der Waals surface area contributed by atoms with E-state index >= 15 is 0 Å². The molecule has 0 aromatic carbocycles. The first-order valence-electron chi connectivity index (χ1n) is 28.5. The first-order chi connectivity index (χ1) is 32.7. The Morgan fingerprint density at radius 3 is 1.03 bits per heavy atom. The molecule has 0 saturated carbocycles. The lowest BCUT2D eigenvalue weighted by molar-refractivity contribution is -0.132. The molecule has 9 heteroatoms. The van der Waals surface area contributed by atoms with Gasteiger partial charge in [0.25, 0.3) is 0 Å². The number of nitrogens with one attached hydrogen (secondary N) is 2. The zero-order valence-corrected chi connectivity index (χ0v) is 44.1. The van der Waals surface area contributed by atoms with Crippen molar-refractivity contribution in [2.75, 3.05) is 26.2 Å². The summed E-state index contributed by atoms with van der Waals surface area (Å²) >= 11 is 0. The van der Waals surface area contributed by atoms with Gasteiger partial charge in [-0.2, -0.15) is 0 Å². The van der Waals surface area contributed by atoms with Crippen molar-refractivity contribution in [3.8, 4) is 0 Å². The molecule has 9 nitrogen and oxygen atoms in total. The average Bonchev–Trinajstić information content (AvgIpc) is 3.31. The molecule has 392 valence electrons. The molecule has 0 rings (SSSR count). The summed E-state index contributed by atoms with van der Waals surface area (Å²) in [5, 5.41) is 36.5. The fourth-order valence-electron chi connectivity index (χ4n) is 8.47. The van der Waals surface area contributed by atoms with Crippen molar-refractivity contribution in [3.63, 3.8) is 0 Å². The molecule has 67 heavy (non-hydrogen) atoms. The summed E-state index contributed by atoms with van der Waals surface area (Å²) in [6.07, 6.45) is 52.0. The van der Waals surface area contributed by atoms with Crippen LogP contribution in [0.5, 0.6) is 0 Å². The van der Waals surface area contributed by atoms with Crippen LogP contribution < -0.4 is 10.6 Å². The average molecular weight is 945 g/mol. The van der Waals surface area contributed by atoms with E-state index in [9.17, 15) is 29.7 Å². The monoisotopic (exact) mass is 944 g/mol. The quantitative estimate of drug-likeness (QED) is 0.0304. The number of amides is 3. The maximum absolute atomic E-state index is 13.4. The van der Waals surface area contributed by atoms with Crippen LogP contribution in [0.3, 0.4) is 0 Å². The second-order valence-electron chi connectivity index (χ2n) is 19.6. The third-order valence-electron chi connectivity index (χ3n) is 13.0. The first kappa shape index (κ1) is 64.5. The van der Waals surface area contributed by atoms with E-state index in [1.165, 1.54) is 57.8 Å². The number of carbonyl (C=O) groups is 3. The Balaban J connectivity index is 4.49. The van der Waals surface area contributed by atoms with E-state index in [0.29, 0.717) is 45.4 Å². The van der Waals surface area contributed by atoms with Gasteiger partial charge in [0, 0.05) is 45.4 Å². The summed E-state index contributed by atoms with van der Waals surface area (Å²) in [7, 11) is 0. The molecule has 0 fully saturated rings. The normalized spacial score (nSPS) is 13.2. The zero-order valence-electron chi connectivity index (χ0n) is 44.1. The molecule has 0 spiro atoms. The number of carbonyl (C=O) groups excluding carboxylic acids is 3. The van der Waals surface area contributed by atoms with Gasteiger partial charge in [0.15, 0.2) is 0 Å². The van der Waals surface area contributed by atoms with Crippen LogP contribution in [0.15, 0.2) is 36.5 Å². The molecular formula is C58H109N3O6. The fourth-order valence-corrected chi connectivity index (χ4v) is 8.47. The van der Waals surface area contributed by atoms with Gasteiger partial charge in [-0.05, 0) is 96.3 Å². The molecule has 0 aromatic heterocycles. The summed E-state index contributed by atoms with van der Waals surface area (Å²) < 4.78 is 0. The minimum atomic E-state index is -0.222. The summed E-state index contributed by atoms with van der Waals surface area (Å²) in [5.74, 6) is 0.150. The van der Waals surface area contributed by atoms with Crippen LogP contribution in [0.1, 0.15) is 271 Å². The van der Waals surface area contributed by atoms with E-state index < -0.39 is 0 Å². The lowest BCUT2D eigenvalue weighted by Crippen LogP contribution is -2.42. The third-order valence-corrected chi connectivity index (χ3v) is 13.0. The highest BCUT2D eigenvalue weighted by Gasteiger charge is 2.14. The van der Waals surface area contributed by atoms with Gasteiger partial charge >= 0.3 is 0 Å². The van der Waals surface area contributed by atoms with Gasteiger partial charge in [-0.1, -0.05) is 192 Å². The summed E-state index contributed by atoms with van der Waals surface area (Å²) in [6, 6.07) is 0. The van der Waals surface area contributed by atoms with Crippen LogP contribution in [-0.2, 0) is 14.4 Å². The molecule has 0 aromatic rings. The number of unbranched alkanes of at least 4 members (excludes halogenated alkanes) is 24. The topological polar surface area (TPSA) is 139 Å². The predicted octanol–water partition coefficient (Wildman–Crippen LogP) is 14.1. The van der Waals surface area contributed by atoms with E-state index in [2.05, 4.69) is 67.9 Å². The summed E-state index contributed by atoms with van der Waals surface area (Å²) in [4.78, 5) is 40.5. The van der Waals surface area contributed by atoms with E-state index in [1.807, 2.05) is 4.90 Å². The van der Waals surface area contributed by atoms with Gasteiger partial charge in [0.05, 0.1) is 18.3 Å². The molecule has 0 bridgehead atoms. The molecule has 0 aliphatic heterocycles. The maximum Gasteiger partial charge on any atom is 0.222 e. The van der Waals surface area contributed by atoms with Crippen LogP contribution in [-0.4, -0.2) is 82.4 Å². The Morgan fingerprint density at radius 2 is 0.687 bits per heavy atom. The largest absolute Gasteiger partial charge is 0.393 e. The highest BCUT2D eigenvalue weighted by Crippen LogP contribution is 2.14. The number of aliphatic hydroxyl groups excluding tert-OH is 3. The Bertz CT molecular complexity index is 1130. The smallest absolute Gasteiger partial charge is 0.222 e. The fraction of sp³-hybridized carbons (Fsp3) is 0.845. The van der Waals surface area contributed by atoms with Gasteiger partial charge in [0.2, 0.25) is 17.7 Å². The number of allylic oxidation sites excluding steroid dienone is 3. The number of hydrogen-bond donors (Lipinski definition) is 5. The number of aliphatic hydroxyl groups is 3. The van der Waals surface area contributed by atoms with Gasteiger partial charge in [-0.15, -0.1) is 0 Å². The van der Waals surface area contributed by atoms with E-state index in [4.69, 9.17) is 0 Å². The number of hydrogen-bond acceptors (Lipinski definition) is 6. The van der Waals surface area contributed by atoms with Gasteiger partial charge in [-0.25, -0.2) is 0 Å².